The highest BCUT2D eigenvalue weighted by Gasteiger charge is 2.20. The summed E-state index contributed by atoms with van der Waals surface area (Å²) in [6, 6.07) is 8.62. The minimum Gasteiger partial charge on any atom is -0.268 e. The summed E-state index contributed by atoms with van der Waals surface area (Å²) in [6.45, 7) is 3.19. The van der Waals surface area contributed by atoms with Crippen molar-refractivity contribution in [1.82, 2.24) is 9.78 Å². The minimum atomic E-state index is 1.08. The van der Waals surface area contributed by atoms with Crippen LogP contribution >= 0.6 is 22.6 Å². The van der Waals surface area contributed by atoms with E-state index in [9.17, 15) is 0 Å². The van der Waals surface area contributed by atoms with Gasteiger partial charge in [-0.25, -0.2) is 0 Å². The van der Waals surface area contributed by atoms with Gasteiger partial charge in [0.1, 0.15) is 5.69 Å². The number of nitrogens with zero attached hydrogens (tertiary/aromatic N) is 2. The molecule has 0 atom stereocenters. The monoisotopic (exact) mass is 324 g/mol. The fourth-order valence-electron chi connectivity index (χ4n) is 2.19. The summed E-state index contributed by atoms with van der Waals surface area (Å²) in [6.07, 6.45) is 2.42. The molecule has 0 saturated heterocycles. The van der Waals surface area contributed by atoms with E-state index in [1.54, 1.807) is 0 Å². The van der Waals surface area contributed by atoms with Crippen LogP contribution < -0.4 is 0 Å². The number of aromatic nitrogens is 2. The first-order valence-corrected chi connectivity index (χ1v) is 6.66. The molecule has 0 spiro atoms. The molecule has 3 heteroatoms. The molecule has 0 saturated carbocycles. The molecule has 2 nitrogen and oxygen atoms in total. The van der Waals surface area contributed by atoms with Crippen molar-refractivity contribution >= 4 is 22.6 Å². The lowest BCUT2D eigenvalue weighted by Gasteiger charge is -1.99. The van der Waals surface area contributed by atoms with Crippen LogP contribution in [0.4, 0.5) is 0 Å². The molecular weight excluding hydrogens is 311 g/mol. The van der Waals surface area contributed by atoms with Crippen molar-refractivity contribution in [2.24, 2.45) is 0 Å². The lowest BCUT2D eigenvalue weighted by Crippen LogP contribution is -1.94. The summed E-state index contributed by atoms with van der Waals surface area (Å²) in [4.78, 5) is 0. The Balaban J connectivity index is 2.10. The maximum absolute atomic E-state index is 4.70. The Morgan fingerprint density at radius 1 is 1.25 bits per heavy atom. The lowest BCUT2D eigenvalue weighted by molar-refractivity contribution is 0.659. The highest BCUT2D eigenvalue weighted by molar-refractivity contribution is 14.1. The first kappa shape index (κ1) is 10.3. The number of rotatable bonds is 1. The molecule has 1 aliphatic rings. The predicted octanol–water partition coefficient (Wildman–Crippen LogP) is 3.41. The van der Waals surface area contributed by atoms with E-state index in [4.69, 9.17) is 5.10 Å². The van der Waals surface area contributed by atoms with Crippen molar-refractivity contribution in [3.05, 3.63) is 39.1 Å². The summed E-state index contributed by atoms with van der Waals surface area (Å²) < 4.78 is 3.50. The van der Waals surface area contributed by atoms with Crippen LogP contribution in [0.1, 0.15) is 17.7 Å². The fraction of sp³-hybridized carbons (Fsp3) is 0.308. The van der Waals surface area contributed by atoms with Gasteiger partial charge in [-0.1, -0.05) is 29.8 Å². The van der Waals surface area contributed by atoms with Gasteiger partial charge in [-0.2, -0.15) is 5.10 Å². The van der Waals surface area contributed by atoms with Gasteiger partial charge in [0.2, 0.25) is 0 Å². The van der Waals surface area contributed by atoms with E-state index in [1.165, 1.54) is 33.2 Å². The number of halogens is 1. The van der Waals surface area contributed by atoms with Crippen LogP contribution in [-0.2, 0) is 13.0 Å². The second kappa shape index (κ2) is 3.87. The highest BCUT2D eigenvalue weighted by Crippen LogP contribution is 2.30. The number of fused-ring (bicyclic) bond motifs is 1. The molecule has 0 radical (unpaired) electrons. The Kier molecular flexibility index (Phi) is 2.50. The fourth-order valence-corrected chi connectivity index (χ4v) is 3.16. The Morgan fingerprint density at radius 3 is 2.69 bits per heavy atom. The van der Waals surface area contributed by atoms with Crippen LogP contribution in [0.5, 0.6) is 0 Å². The van der Waals surface area contributed by atoms with Gasteiger partial charge >= 0.3 is 0 Å². The topological polar surface area (TPSA) is 17.8 Å². The van der Waals surface area contributed by atoms with Crippen molar-refractivity contribution in [3.8, 4) is 11.3 Å². The molecule has 16 heavy (non-hydrogen) atoms. The van der Waals surface area contributed by atoms with E-state index in [-0.39, 0.29) is 0 Å². The smallest absolute Gasteiger partial charge is 0.106 e. The van der Waals surface area contributed by atoms with E-state index in [2.05, 4.69) is 58.5 Å². The second-order valence-electron chi connectivity index (χ2n) is 4.30. The van der Waals surface area contributed by atoms with Gasteiger partial charge in [0.25, 0.3) is 0 Å². The molecule has 1 aliphatic heterocycles. The molecule has 0 fully saturated rings. The zero-order chi connectivity index (χ0) is 11.1. The van der Waals surface area contributed by atoms with Gasteiger partial charge in [-0.05, 0) is 42.4 Å². The molecular formula is C13H13IN2. The van der Waals surface area contributed by atoms with Gasteiger partial charge in [0, 0.05) is 12.1 Å². The minimum absolute atomic E-state index is 1.08. The molecule has 2 aromatic rings. The van der Waals surface area contributed by atoms with Crippen molar-refractivity contribution in [2.45, 2.75) is 26.3 Å². The summed E-state index contributed by atoms with van der Waals surface area (Å²) in [5.74, 6) is 0. The maximum atomic E-state index is 4.70. The highest BCUT2D eigenvalue weighted by atomic mass is 127. The predicted molar refractivity (Wildman–Crippen MR) is 73.4 cm³/mol. The standard InChI is InChI=1S/C13H13IN2/c1-9-4-6-10(7-5-9)13-12(14)11-3-2-8-16(11)15-13/h4-7H,2-3,8H2,1H3. The van der Waals surface area contributed by atoms with Crippen LogP contribution in [0, 0.1) is 10.5 Å². The van der Waals surface area contributed by atoms with Crippen molar-refractivity contribution < 1.29 is 0 Å². The molecule has 0 aliphatic carbocycles. The Bertz CT molecular complexity index is 526. The molecule has 1 aromatic carbocycles. The lowest BCUT2D eigenvalue weighted by atomic mass is 10.1. The third kappa shape index (κ3) is 1.57. The Hall–Kier alpha value is -0.840. The normalized spacial score (nSPS) is 14.1. The molecule has 0 amide bonds. The van der Waals surface area contributed by atoms with Crippen molar-refractivity contribution in [1.29, 1.82) is 0 Å². The zero-order valence-corrected chi connectivity index (χ0v) is 11.4. The number of aryl methyl sites for hydroxylation is 2. The first-order valence-electron chi connectivity index (χ1n) is 5.58. The van der Waals surface area contributed by atoms with Gasteiger partial charge in [0.15, 0.2) is 0 Å². The maximum Gasteiger partial charge on any atom is 0.106 e. The van der Waals surface area contributed by atoms with Gasteiger partial charge < -0.3 is 0 Å². The Morgan fingerprint density at radius 2 is 2.00 bits per heavy atom. The third-order valence-electron chi connectivity index (χ3n) is 3.10. The molecule has 0 N–H and O–H groups in total. The number of benzene rings is 1. The first-order chi connectivity index (χ1) is 7.75. The average molecular weight is 324 g/mol. The van der Waals surface area contributed by atoms with Gasteiger partial charge in [-0.3, -0.25) is 4.68 Å². The summed E-state index contributed by atoms with van der Waals surface area (Å²) >= 11 is 2.43. The Labute approximate surface area is 109 Å². The van der Waals surface area contributed by atoms with Crippen LogP contribution in [0.2, 0.25) is 0 Å². The summed E-state index contributed by atoms with van der Waals surface area (Å²) in [5.41, 5.74) is 5.09. The molecule has 82 valence electrons. The van der Waals surface area contributed by atoms with E-state index in [0.717, 1.165) is 12.2 Å². The van der Waals surface area contributed by atoms with Crippen molar-refractivity contribution in [2.75, 3.05) is 0 Å². The van der Waals surface area contributed by atoms with Crippen LogP contribution in [0.15, 0.2) is 24.3 Å². The largest absolute Gasteiger partial charge is 0.268 e. The molecule has 2 heterocycles. The number of hydrogen-bond donors (Lipinski definition) is 0. The molecule has 3 rings (SSSR count). The van der Waals surface area contributed by atoms with E-state index in [0.29, 0.717) is 0 Å². The zero-order valence-electron chi connectivity index (χ0n) is 9.20. The van der Waals surface area contributed by atoms with Gasteiger partial charge in [0.05, 0.1) is 9.26 Å². The van der Waals surface area contributed by atoms with E-state index < -0.39 is 0 Å². The summed E-state index contributed by atoms with van der Waals surface area (Å²) in [7, 11) is 0. The second-order valence-corrected chi connectivity index (χ2v) is 5.38. The number of hydrogen-bond acceptors (Lipinski definition) is 1. The van der Waals surface area contributed by atoms with Crippen molar-refractivity contribution in [3.63, 3.8) is 0 Å². The van der Waals surface area contributed by atoms with Gasteiger partial charge in [-0.15, -0.1) is 0 Å². The quantitative estimate of drug-likeness (QED) is 0.735. The van der Waals surface area contributed by atoms with Crippen LogP contribution in [0.25, 0.3) is 11.3 Å². The van der Waals surface area contributed by atoms with Crippen LogP contribution in [-0.4, -0.2) is 9.78 Å². The molecule has 1 aromatic heterocycles. The van der Waals surface area contributed by atoms with E-state index >= 15 is 0 Å². The van der Waals surface area contributed by atoms with Crippen LogP contribution in [0.3, 0.4) is 0 Å². The van der Waals surface area contributed by atoms with E-state index in [1.807, 2.05) is 0 Å². The summed E-state index contributed by atoms with van der Waals surface area (Å²) in [5, 5.41) is 4.70. The SMILES string of the molecule is Cc1ccc(-c2nn3c(c2I)CCC3)cc1. The third-order valence-corrected chi connectivity index (χ3v) is 4.24. The molecule has 0 bridgehead atoms. The average Bonchev–Trinajstić information content (AvgIpc) is 2.84. The molecule has 0 unspecified atom stereocenters.